The average molecular weight is 670 g/mol. The van der Waals surface area contributed by atoms with Crippen LogP contribution in [0.3, 0.4) is 0 Å². The molecule has 4 aromatic rings. The smallest absolute Gasteiger partial charge is 0.266 e. The van der Waals surface area contributed by atoms with Gasteiger partial charge in [-0.15, -0.1) is 0 Å². The number of halogens is 2. The first kappa shape index (κ1) is 24.2. The lowest BCUT2D eigenvalue weighted by atomic mass is 10.1. The van der Waals surface area contributed by atoms with E-state index in [-0.39, 0.29) is 5.57 Å². The number of nitriles is 1. The first-order valence-corrected chi connectivity index (χ1v) is 12.7. The van der Waals surface area contributed by atoms with E-state index < -0.39 is 5.91 Å². The van der Waals surface area contributed by atoms with Crippen LogP contribution in [0.2, 0.25) is 0 Å². The van der Waals surface area contributed by atoms with Crippen LogP contribution in [0.15, 0.2) is 84.4 Å². The SMILES string of the molecule is Cc1cccc(COc2c(I)cc(/C=C(\C#N)C(=O)Nc3cccc4ccccc34)cc2I)c1. The number of nitrogens with one attached hydrogen (secondary N) is 1. The standard InChI is InChI=1S/C28H20I2N2O2/c1-18-6-4-7-19(12-18)17-34-27-24(29)14-20(15-25(27)30)13-22(16-31)28(33)32-26-11-5-9-21-8-2-3-10-23(21)26/h2-15H,17H2,1H3,(H,32,33)/b22-13+. The molecule has 0 aliphatic rings. The van der Waals surface area contributed by atoms with Crippen LogP contribution in [-0.4, -0.2) is 5.91 Å². The van der Waals surface area contributed by atoms with Crippen molar-refractivity contribution in [3.8, 4) is 11.8 Å². The van der Waals surface area contributed by atoms with E-state index in [0.717, 1.165) is 34.8 Å². The van der Waals surface area contributed by atoms with E-state index in [1.807, 2.05) is 72.8 Å². The zero-order valence-electron chi connectivity index (χ0n) is 18.3. The largest absolute Gasteiger partial charge is 0.487 e. The van der Waals surface area contributed by atoms with Crippen LogP contribution in [0, 0.1) is 25.4 Å². The monoisotopic (exact) mass is 670 g/mol. The van der Waals surface area contributed by atoms with Crippen LogP contribution < -0.4 is 10.1 Å². The third-order valence-corrected chi connectivity index (χ3v) is 6.80. The molecule has 0 saturated carbocycles. The minimum Gasteiger partial charge on any atom is -0.487 e. The van der Waals surface area contributed by atoms with Gasteiger partial charge in [0.2, 0.25) is 0 Å². The molecule has 0 unspecified atom stereocenters. The topological polar surface area (TPSA) is 62.1 Å². The van der Waals surface area contributed by atoms with Gasteiger partial charge in [-0.05, 0) is 92.9 Å². The van der Waals surface area contributed by atoms with Crippen LogP contribution in [0.5, 0.6) is 5.75 Å². The number of rotatable bonds is 6. The van der Waals surface area contributed by atoms with Crippen LogP contribution in [0.1, 0.15) is 16.7 Å². The predicted octanol–water partition coefficient (Wildman–Crippen LogP) is 7.48. The lowest BCUT2D eigenvalue weighted by Gasteiger charge is -2.12. The molecule has 0 heterocycles. The van der Waals surface area contributed by atoms with Crippen molar-refractivity contribution < 1.29 is 9.53 Å². The summed E-state index contributed by atoms with van der Waals surface area (Å²) in [7, 11) is 0. The number of carbonyl (C=O) groups is 1. The molecule has 0 aliphatic carbocycles. The van der Waals surface area contributed by atoms with E-state index in [1.54, 1.807) is 6.08 Å². The number of fused-ring (bicyclic) bond motifs is 1. The summed E-state index contributed by atoms with van der Waals surface area (Å²) in [5.41, 5.74) is 3.77. The van der Waals surface area contributed by atoms with Crippen LogP contribution in [0.4, 0.5) is 5.69 Å². The van der Waals surface area contributed by atoms with Gasteiger partial charge in [-0.3, -0.25) is 4.79 Å². The number of aryl methyl sites for hydroxylation is 1. The first-order chi connectivity index (χ1) is 16.4. The fourth-order valence-corrected chi connectivity index (χ4v) is 5.73. The molecule has 0 radical (unpaired) electrons. The number of hydrogen-bond acceptors (Lipinski definition) is 3. The van der Waals surface area contributed by atoms with Crippen molar-refractivity contribution in [2.45, 2.75) is 13.5 Å². The van der Waals surface area contributed by atoms with E-state index in [4.69, 9.17) is 4.74 Å². The van der Waals surface area contributed by atoms with E-state index in [9.17, 15) is 10.1 Å². The lowest BCUT2D eigenvalue weighted by molar-refractivity contribution is -0.112. The summed E-state index contributed by atoms with van der Waals surface area (Å²) in [6.45, 7) is 2.53. The van der Waals surface area contributed by atoms with Gasteiger partial charge in [0.25, 0.3) is 5.91 Å². The summed E-state index contributed by atoms with van der Waals surface area (Å²) < 4.78 is 7.91. The summed E-state index contributed by atoms with van der Waals surface area (Å²) in [5.74, 6) is 0.349. The Labute approximate surface area is 225 Å². The van der Waals surface area contributed by atoms with Gasteiger partial charge in [-0.1, -0.05) is 66.2 Å². The van der Waals surface area contributed by atoms with Gasteiger partial charge in [-0.25, -0.2) is 0 Å². The molecule has 0 aromatic heterocycles. The second kappa shape index (κ2) is 11.0. The third-order valence-electron chi connectivity index (χ3n) is 5.20. The maximum atomic E-state index is 12.9. The molecular formula is C28H20I2N2O2. The van der Waals surface area contributed by atoms with Crippen LogP contribution in [0.25, 0.3) is 16.8 Å². The Morgan fingerprint density at radius 1 is 1.00 bits per heavy atom. The quantitative estimate of drug-likeness (QED) is 0.132. The Bertz CT molecular complexity index is 1430. The Morgan fingerprint density at radius 2 is 1.71 bits per heavy atom. The minimum atomic E-state index is -0.441. The molecule has 4 rings (SSSR count). The molecule has 6 heteroatoms. The maximum absolute atomic E-state index is 12.9. The number of anilines is 1. The molecule has 4 aromatic carbocycles. The highest BCUT2D eigenvalue weighted by Gasteiger charge is 2.14. The molecule has 0 saturated heterocycles. The molecule has 0 fully saturated rings. The Hall–Kier alpha value is -2.90. The number of ether oxygens (including phenoxy) is 1. The zero-order chi connectivity index (χ0) is 24.1. The highest BCUT2D eigenvalue weighted by Crippen LogP contribution is 2.31. The number of carbonyl (C=O) groups excluding carboxylic acids is 1. The summed E-state index contributed by atoms with van der Waals surface area (Å²) in [6, 6.07) is 27.6. The van der Waals surface area contributed by atoms with Gasteiger partial charge in [0.1, 0.15) is 24.0 Å². The van der Waals surface area contributed by atoms with Gasteiger partial charge in [-0.2, -0.15) is 5.26 Å². The maximum Gasteiger partial charge on any atom is 0.266 e. The number of nitrogens with zero attached hydrogens (tertiary/aromatic N) is 1. The second-order valence-electron chi connectivity index (χ2n) is 7.74. The van der Waals surface area contributed by atoms with E-state index in [1.165, 1.54) is 5.56 Å². The second-order valence-corrected chi connectivity index (χ2v) is 10.1. The molecule has 0 atom stereocenters. The lowest BCUT2D eigenvalue weighted by Crippen LogP contribution is -2.13. The number of amides is 1. The van der Waals surface area contributed by atoms with Crippen molar-refractivity contribution in [1.82, 2.24) is 0 Å². The van der Waals surface area contributed by atoms with Gasteiger partial charge in [0.05, 0.1) is 7.14 Å². The summed E-state index contributed by atoms with van der Waals surface area (Å²) in [5, 5.41) is 14.5. The molecule has 34 heavy (non-hydrogen) atoms. The summed E-state index contributed by atoms with van der Waals surface area (Å²) >= 11 is 4.45. The molecule has 4 nitrogen and oxygen atoms in total. The normalized spacial score (nSPS) is 11.2. The third kappa shape index (κ3) is 5.77. The Kier molecular flexibility index (Phi) is 7.85. The molecule has 0 aliphatic heterocycles. The average Bonchev–Trinajstić information content (AvgIpc) is 2.82. The van der Waals surface area contributed by atoms with Crippen molar-refractivity contribution in [3.63, 3.8) is 0 Å². The molecule has 168 valence electrons. The first-order valence-electron chi connectivity index (χ1n) is 10.5. The molecular weight excluding hydrogens is 650 g/mol. The van der Waals surface area contributed by atoms with Crippen molar-refractivity contribution in [1.29, 1.82) is 5.26 Å². The fraction of sp³-hybridized carbons (Fsp3) is 0.0714. The van der Waals surface area contributed by atoms with Crippen molar-refractivity contribution in [3.05, 3.63) is 108 Å². The highest BCUT2D eigenvalue weighted by molar-refractivity contribution is 14.1. The molecule has 0 spiro atoms. The van der Waals surface area contributed by atoms with Gasteiger partial charge >= 0.3 is 0 Å². The molecule has 1 N–H and O–H groups in total. The van der Waals surface area contributed by atoms with Crippen molar-refractivity contribution >= 4 is 73.6 Å². The van der Waals surface area contributed by atoms with Gasteiger partial charge < -0.3 is 10.1 Å². The van der Waals surface area contributed by atoms with Crippen molar-refractivity contribution in [2.24, 2.45) is 0 Å². The minimum absolute atomic E-state index is 0.0352. The summed E-state index contributed by atoms with van der Waals surface area (Å²) in [4.78, 5) is 12.9. The van der Waals surface area contributed by atoms with E-state index >= 15 is 0 Å². The van der Waals surface area contributed by atoms with Gasteiger partial charge in [0, 0.05) is 11.1 Å². The molecule has 0 bridgehead atoms. The summed E-state index contributed by atoms with van der Waals surface area (Å²) in [6.07, 6.45) is 1.61. The predicted molar refractivity (Wildman–Crippen MR) is 154 cm³/mol. The Morgan fingerprint density at radius 3 is 2.44 bits per heavy atom. The zero-order valence-corrected chi connectivity index (χ0v) is 22.6. The van der Waals surface area contributed by atoms with E-state index in [0.29, 0.717) is 12.3 Å². The molecule has 1 amide bonds. The fourth-order valence-electron chi connectivity index (χ4n) is 3.60. The van der Waals surface area contributed by atoms with Crippen molar-refractivity contribution in [2.75, 3.05) is 5.32 Å². The number of benzene rings is 4. The number of hydrogen-bond donors (Lipinski definition) is 1. The van der Waals surface area contributed by atoms with Gasteiger partial charge in [0.15, 0.2) is 0 Å². The van der Waals surface area contributed by atoms with Crippen LogP contribution in [-0.2, 0) is 11.4 Å². The highest BCUT2D eigenvalue weighted by atomic mass is 127. The van der Waals surface area contributed by atoms with Crippen LogP contribution >= 0.6 is 45.2 Å². The van der Waals surface area contributed by atoms with E-state index in [2.05, 4.69) is 69.6 Å². The Balaban J connectivity index is 1.54.